The first-order valence-electron chi connectivity index (χ1n) is 9.84. The molecule has 0 fully saturated rings. The van der Waals surface area contributed by atoms with Gasteiger partial charge in [0.15, 0.2) is 0 Å². The highest BCUT2D eigenvalue weighted by Crippen LogP contribution is 2.16. The molecule has 0 aromatic rings. The van der Waals surface area contributed by atoms with E-state index >= 15 is 0 Å². The van der Waals surface area contributed by atoms with Crippen molar-refractivity contribution >= 4 is 5.97 Å². The van der Waals surface area contributed by atoms with Crippen LogP contribution in [0, 0.1) is 0 Å². The van der Waals surface area contributed by atoms with Gasteiger partial charge >= 0.3 is 5.97 Å². The van der Waals surface area contributed by atoms with Crippen LogP contribution in [0.2, 0.25) is 0 Å². The Morgan fingerprint density at radius 2 is 1.22 bits per heavy atom. The normalized spacial score (nSPS) is 12.3. The summed E-state index contributed by atoms with van der Waals surface area (Å²) in [5.74, 6) is -0.0841. The Kier molecular flexibility index (Phi) is 17.3. The molecule has 0 aromatic carbocycles. The topological polar surface area (TPSA) is 35.5 Å². The minimum atomic E-state index is -0.0841. The third kappa shape index (κ3) is 16.1. The molecular formula is C20H40O3. The van der Waals surface area contributed by atoms with Crippen molar-refractivity contribution in [3.8, 4) is 0 Å². The number of rotatable bonds is 17. The van der Waals surface area contributed by atoms with Crippen molar-refractivity contribution in [1.82, 2.24) is 0 Å². The zero-order valence-electron chi connectivity index (χ0n) is 15.9. The number of hydrogen-bond acceptors (Lipinski definition) is 3. The fourth-order valence-corrected chi connectivity index (χ4v) is 2.98. The Bertz CT molecular complexity index is 253. The van der Waals surface area contributed by atoms with Crippen LogP contribution in [0.5, 0.6) is 0 Å². The number of unbranched alkanes of at least 4 members (excludes halogenated alkanes) is 10. The van der Waals surface area contributed by atoms with Gasteiger partial charge in [0.2, 0.25) is 0 Å². The Morgan fingerprint density at radius 1 is 0.739 bits per heavy atom. The lowest BCUT2D eigenvalue weighted by molar-refractivity contribution is -0.140. The summed E-state index contributed by atoms with van der Waals surface area (Å²) >= 11 is 0. The molecule has 0 amide bonds. The summed E-state index contributed by atoms with van der Waals surface area (Å²) in [6, 6.07) is 0. The maximum absolute atomic E-state index is 11.0. The SMILES string of the molecule is CCCCCCCCC[C@@H](CCCCCCCC(=O)OC)OC. The van der Waals surface area contributed by atoms with Crippen molar-refractivity contribution in [2.75, 3.05) is 14.2 Å². The van der Waals surface area contributed by atoms with E-state index in [1.165, 1.54) is 84.2 Å². The molecule has 0 saturated carbocycles. The summed E-state index contributed by atoms with van der Waals surface area (Å²) in [6.45, 7) is 2.27. The first kappa shape index (κ1) is 22.4. The molecule has 0 aliphatic carbocycles. The van der Waals surface area contributed by atoms with Gasteiger partial charge in [0.1, 0.15) is 0 Å². The van der Waals surface area contributed by atoms with Crippen molar-refractivity contribution in [3.05, 3.63) is 0 Å². The first-order valence-corrected chi connectivity index (χ1v) is 9.84. The second-order valence-corrected chi connectivity index (χ2v) is 6.65. The maximum atomic E-state index is 11.0. The van der Waals surface area contributed by atoms with Crippen LogP contribution >= 0.6 is 0 Å². The van der Waals surface area contributed by atoms with E-state index in [9.17, 15) is 4.79 Å². The number of methoxy groups -OCH3 is 2. The van der Waals surface area contributed by atoms with Gasteiger partial charge in [-0.25, -0.2) is 0 Å². The molecule has 0 unspecified atom stereocenters. The summed E-state index contributed by atoms with van der Waals surface area (Å²) in [5.41, 5.74) is 0. The molecule has 23 heavy (non-hydrogen) atoms. The first-order chi connectivity index (χ1) is 11.2. The standard InChI is InChI=1S/C20H40O3/c1-4-5-6-7-8-10-13-16-19(22-2)17-14-11-9-12-15-18-20(21)23-3/h19H,4-18H2,1-3H3/t19-/m0/s1. The molecule has 138 valence electrons. The van der Waals surface area contributed by atoms with E-state index in [1.807, 2.05) is 7.11 Å². The van der Waals surface area contributed by atoms with E-state index in [0.717, 1.165) is 12.8 Å². The van der Waals surface area contributed by atoms with Crippen LogP contribution in [0.15, 0.2) is 0 Å². The molecule has 0 aliphatic rings. The van der Waals surface area contributed by atoms with E-state index in [0.29, 0.717) is 12.5 Å². The number of hydrogen-bond donors (Lipinski definition) is 0. The fraction of sp³-hybridized carbons (Fsp3) is 0.950. The van der Waals surface area contributed by atoms with Crippen LogP contribution < -0.4 is 0 Å². The van der Waals surface area contributed by atoms with Crippen LogP contribution in [-0.4, -0.2) is 26.3 Å². The third-order valence-corrected chi connectivity index (χ3v) is 4.60. The van der Waals surface area contributed by atoms with E-state index in [1.54, 1.807) is 0 Å². The van der Waals surface area contributed by atoms with E-state index in [-0.39, 0.29) is 5.97 Å². The second-order valence-electron chi connectivity index (χ2n) is 6.65. The quantitative estimate of drug-likeness (QED) is 0.241. The molecule has 0 heterocycles. The smallest absolute Gasteiger partial charge is 0.305 e. The lowest BCUT2D eigenvalue weighted by Crippen LogP contribution is -2.10. The Labute approximate surface area is 144 Å². The summed E-state index contributed by atoms with van der Waals surface area (Å²) in [5, 5.41) is 0. The molecule has 0 aromatic heterocycles. The Morgan fingerprint density at radius 3 is 1.70 bits per heavy atom. The molecule has 3 heteroatoms. The predicted molar refractivity (Wildman–Crippen MR) is 97.7 cm³/mol. The maximum Gasteiger partial charge on any atom is 0.305 e. The van der Waals surface area contributed by atoms with Gasteiger partial charge in [-0.15, -0.1) is 0 Å². The molecule has 3 nitrogen and oxygen atoms in total. The van der Waals surface area contributed by atoms with Crippen molar-refractivity contribution in [2.24, 2.45) is 0 Å². The highest BCUT2D eigenvalue weighted by molar-refractivity contribution is 5.68. The second kappa shape index (κ2) is 17.8. The summed E-state index contributed by atoms with van der Waals surface area (Å²) in [6.07, 6.45) is 18.8. The Balaban J connectivity index is 3.36. The number of carbonyl (C=O) groups is 1. The van der Waals surface area contributed by atoms with Crippen molar-refractivity contribution < 1.29 is 14.3 Å². The summed E-state index contributed by atoms with van der Waals surface area (Å²) in [7, 11) is 3.31. The van der Waals surface area contributed by atoms with Gasteiger partial charge in [0.05, 0.1) is 13.2 Å². The van der Waals surface area contributed by atoms with Crippen molar-refractivity contribution in [2.45, 2.75) is 109 Å². The number of esters is 1. The van der Waals surface area contributed by atoms with Gasteiger partial charge in [-0.05, 0) is 19.3 Å². The fourth-order valence-electron chi connectivity index (χ4n) is 2.98. The van der Waals surface area contributed by atoms with E-state index in [2.05, 4.69) is 11.7 Å². The molecular weight excluding hydrogens is 288 g/mol. The van der Waals surface area contributed by atoms with Gasteiger partial charge < -0.3 is 9.47 Å². The molecule has 0 bridgehead atoms. The number of carbonyl (C=O) groups excluding carboxylic acids is 1. The lowest BCUT2D eigenvalue weighted by Gasteiger charge is -2.15. The predicted octanol–water partition coefficient (Wildman–Crippen LogP) is 6.05. The van der Waals surface area contributed by atoms with E-state index < -0.39 is 0 Å². The van der Waals surface area contributed by atoms with Gasteiger partial charge in [-0.2, -0.15) is 0 Å². The van der Waals surface area contributed by atoms with Crippen molar-refractivity contribution in [3.63, 3.8) is 0 Å². The molecule has 0 N–H and O–H groups in total. The monoisotopic (exact) mass is 328 g/mol. The zero-order valence-corrected chi connectivity index (χ0v) is 15.9. The van der Waals surface area contributed by atoms with Crippen molar-refractivity contribution in [1.29, 1.82) is 0 Å². The zero-order chi connectivity index (χ0) is 17.2. The van der Waals surface area contributed by atoms with Crippen LogP contribution in [0.25, 0.3) is 0 Å². The van der Waals surface area contributed by atoms with Crippen LogP contribution in [0.3, 0.4) is 0 Å². The number of ether oxygens (including phenoxy) is 2. The molecule has 0 rings (SSSR count). The molecule has 0 saturated heterocycles. The molecule has 1 atom stereocenters. The van der Waals surface area contributed by atoms with Gasteiger partial charge in [0, 0.05) is 13.5 Å². The van der Waals surface area contributed by atoms with Crippen LogP contribution in [0.1, 0.15) is 103 Å². The van der Waals surface area contributed by atoms with Gasteiger partial charge in [-0.1, -0.05) is 77.6 Å². The summed E-state index contributed by atoms with van der Waals surface area (Å²) in [4.78, 5) is 11.0. The van der Waals surface area contributed by atoms with Gasteiger partial charge in [0.25, 0.3) is 0 Å². The molecule has 0 spiro atoms. The van der Waals surface area contributed by atoms with E-state index in [4.69, 9.17) is 4.74 Å². The highest BCUT2D eigenvalue weighted by Gasteiger charge is 2.07. The minimum Gasteiger partial charge on any atom is -0.469 e. The average molecular weight is 329 g/mol. The molecule has 0 aliphatic heterocycles. The summed E-state index contributed by atoms with van der Waals surface area (Å²) < 4.78 is 10.3. The Hall–Kier alpha value is -0.570. The van der Waals surface area contributed by atoms with Crippen LogP contribution in [0.4, 0.5) is 0 Å². The van der Waals surface area contributed by atoms with Crippen LogP contribution in [-0.2, 0) is 14.3 Å². The van der Waals surface area contributed by atoms with Gasteiger partial charge in [-0.3, -0.25) is 4.79 Å². The largest absolute Gasteiger partial charge is 0.469 e. The lowest BCUT2D eigenvalue weighted by atomic mass is 10.0. The minimum absolute atomic E-state index is 0.0841. The molecule has 0 radical (unpaired) electrons. The average Bonchev–Trinajstić information content (AvgIpc) is 2.57. The highest BCUT2D eigenvalue weighted by atomic mass is 16.5. The third-order valence-electron chi connectivity index (χ3n) is 4.60.